The minimum atomic E-state index is -3.91. The van der Waals surface area contributed by atoms with Gasteiger partial charge in [0.15, 0.2) is 9.84 Å². The van der Waals surface area contributed by atoms with Crippen LogP contribution in [0.5, 0.6) is 0 Å². The van der Waals surface area contributed by atoms with Crippen molar-refractivity contribution in [2.24, 2.45) is 0 Å². The summed E-state index contributed by atoms with van der Waals surface area (Å²) < 4.78 is 49.7. The van der Waals surface area contributed by atoms with E-state index in [1.54, 1.807) is 0 Å². The molecule has 0 saturated carbocycles. The highest BCUT2D eigenvalue weighted by Gasteiger charge is 2.22. The van der Waals surface area contributed by atoms with Gasteiger partial charge in [-0.2, -0.15) is 0 Å². The van der Waals surface area contributed by atoms with Gasteiger partial charge in [-0.15, -0.1) is 0 Å². The summed E-state index contributed by atoms with van der Waals surface area (Å²) in [4.78, 5) is -0.840. The van der Waals surface area contributed by atoms with E-state index in [0.717, 1.165) is 18.2 Å². The monoisotopic (exact) mass is 249 g/mol. The SMILES string of the molecule is CCNCCS(=O)(=O)c1c(F)cccc1F. The Morgan fingerprint density at radius 3 is 2.31 bits per heavy atom. The van der Waals surface area contributed by atoms with Gasteiger partial charge in [-0.3, -0.25) is 0 Å². The van der Waals surface area contributed by atoms with E-state index in [4.69, 9.17) is 0 Å². The lowest BCUT2D eigenvalue weighted by Crippen LogP contribution is -2.23. The van der Waals surface area contributed by atoms with Crippen LogP contribution >= 0.6 is 0 Å². The van der Waals surface area contributed by atoms with Crippen LogP contribution in [-0.4, -0.2) is 27.3 Å². The summed E-state index contributed by atoms with van der Waals surface area (Å²) in [5.74, 6) is -2.41. The number of sulfone groups is 1. The van der Waals surface area contributed by atoms with Crippen molar-refractivity contribution < 1.29 is 17.2 Å². The smallest absolute Gasteiger partial charge is 0.185 e. The third-order valence-electron chi connectivity index (χ3n) is 2.03. The molecule has 0 unspecified atom stereocenters. The van der Waals surface area contributed by atoms with Gasteiger partial charge in [0.2, 0.25) is 0 Å². The normalized spacial score (nSPS) is 11.7. The zero-order valence-corrected chi connectivity index (χ0v) is 9.65. The zero-order chi connectivity index (χ0) is 12.2. The van der Waals surface area contributed by atoms with Crippen molar-refractivity contribution in [2.75, 3.05) is 18.8 Å². The van der Waals surface area contributed by atoms with E-state index in [2.05, 4.69) is 5.32 Å². The van der Waals surface area contributed by atoms with Crippen LogP contribution in [0.3, 0.4) is 0 Å². The van der Waals surface area contributed by atoms with Crippen LogP contribution in [-0.2, 0) is 9.84 Å². The minimum absolute atomic E-state index is 0.173. The van der Waals surface area contributed by atoms with Gasteiger partial charge in [-0.1, -0.05) is 13.0 Å². The van der Waals surface area contributed by atoms with Crippen molar-refractivity contribution in [3.8, 4) is 0 Å². The van der Waals surface area contributed by atoms with E-state index in [9.17, 15) is 17.2 Å². The number of hydrogen-bond donors (Lipinski definition) is 1. The average molecular weight is 249 g/mol. The van der Waals surface area contributed by atoms with Crippen LogP contribution in [0.4, 0.5) is 8.78 Å². The van der Waals surface area contributed by atoms with Gasteiger partial charge in [0, 0.05) is 6.54 Å². The van der Waals surface area contributed by atoms with E-state index in [0.29, 0.717) is 6.54 Å². The molecule has 0 amide bonds. The van der Waals surface area contributed by atoms with Gasteiger partial charge in [0.05, 0.1) is 5.75 Å². The number of halogens is 2. The van der Waals surface area contributed by atoms with Gasteiger partial charge in [0.1, 0.15) is 16.5 Å². The summed E-state index contributed by atoms with van der Waals surface area (Å²) in [5.41, 5.74) is 0. The Balaban J connectivity index is 2.98. The second-order valence-electron chi connectivity index (χ2n) is 3.22. The maximum absolute atomic E-state index is 13.2. The lowest BCUT2D eigenvalue weighted by Gasteiger charge is -2.06. The molecule has 0 fully saturated rings. The number of benzene rings is 1. The predicted molar refractivity (Wildman–Crippen MR) is 57.0 cm³/mol. The molecule has 90 valence electrons. The molecular weight excluding hydrogens is 236 g/mol. The fourth-order valence-corrected chi connectivity index (χ4v) is 2.61. The fraction of sp³-hybridized carbons (Fsp3) is 0.400. The topological polar surface area (TPSA) is 46.2 Å². The van der Waals surface area contributed by atoms with Crippen molar-refractivity contribution in [3.05, 3.63) is 29.8 Å². The molecule has 16 heavy (non-hydrogen) atoms. The molecule has 0 radical (unpaired) electrons. The van der Waals surface area contributed by atoms with Crippen LogP contribution in [0.1, 0.15) is 6.92 Å². The standard InChI is InChI=1S/C10H13F2NO2S/c1-2-13-6-7-16(14,15)10-8(11)4-3-5-9(10)12/h3-5,13H,2,6-7H2,1H3. The van der Waals surface area contributed by atoms with Crippen LogP contribution in [0.2, 0.25) is 0 Å². The van der Waals surface area contributed by atoms with Crippen LogP contribution in [0, 0.1) is 11.6 Å². The quantitative estimate of drug-likeness (QED) is 0.801. The average Bonchev–Trinajstić information content (AvgIpc) is 2.17. The number of hydrogen-bond acceptors (Lipinski definition) is 3. The Hall–Kier alpha value is -1.01. The molecule has 0 heterocycles. The molecule has 6 heteroatoms. The second kappa shape index (κ2) is 5.36. The summed E-state index contributed by atoms with van der Waals surface area (Å²) in [6.45, 7) is 2.60. The van der Waals surface area contributed by atoms with E-state index >= 15 is 0 Å². The first kappa shape index (κ1) is 13.1. The molecule has 0 bridgehead atoms. The maximum Gasteiger partial charge on any atom is 0.185 e. The highest BCUT2D eigenvalue weighted by atomic mass is 32.2. The highest BCUT2D eigenvalue weighted by Crippen LogP contribution is 2.19. The van der Waals surface area contributed by atoms with Gasteiger partial charge in [-0.25, -0.2) is 17.2 Å². The Kier molecular flexibility index (Phi) is 4.37. The summed E-state index contributed by atoms with van der Waals surface area (Å²) in [5, 5.41) is 2.79. The molecule has 1 aromatic carbocycles. The summed E-state index contributed by atoms with van der Waals surface area (Å²) >= 11 is 0. The van der Waals surface area contributed by atoms with Crippen LogP contribution in [0.25, 0.3) is 0 Å². The molecule has 1 N–H and O–H groups in total. The van der Waals surface area contributed by atoms with E-state index < -0.39 is 26.4 Å². The Morgan fingerprint density at radius 2 is 1.81 bits per heavy atom. The molecule has 0 atom stereocenters. The number of nitrogens with one attached hydrogen (secondary N) is 1. The molecule has 0 saturated heterocycles. The molecule has 0 spiro atoms. The van der Waals surface area contributed by atoms with Crippen molar-refractivity contribution in [3.63, 3.8) is 0 Å². The summed E-state index contributed by atoms with van der Waals surface area (Å²) in [6, 6.07) is 3.00. The van der Waals surface area contributed by atoms with Gasteiger partial charge in [0.25, 0.3) is 0 Å². The molecule has 0 aliphatic carbocycles. The van der Waals surface area contributed by atoms with Gasteiger partial charge >= 0.3 is 0 Å². The first-order valence-electron chi connectivity index (χ1n) is 4.86. The Morgan fingerprint density at radius 1 is 1.25 bits per heavy atom. The molecular formula is C10H13F2NO2S. The van der Waals surface area contributed by atoms with Crippen molar-refractivity contribution >= 4 is 9.84 Å². The van der Waals surface area contributed by atoms with E-state index in [-0.39, 0.29) is 12.3 Å². The molecule has 1 aromatic rings. The van der Waals surface area contributed by atoms with E-state index in [1.807, 2.05) is 6.92 Å². The lowest BCUT2D eigenvalue weighted by molar-refractivity contribution is 0.518. The molecule has 0 aliphatic heterocycles. The van der Waals surface area contributed by atoms with Crippen LogP contribution in [0.15, 0.2) is 23.1 Å². The molecule has 3 nitrogen and oxygen atoms in total. The highest BCUT2D eigenvalue weighted by molar-refractivity contribution is 7.91. The Labute approximate surface area is 93.4 Å². The van der Waals surface area contributed by atoms with Crippen molar-refractivity contribution in [1.29, 1.82) is 0 Å². The van der Waals surface area contributed by atoms with E-state index in [1.165, 1.54) is 0 Å². The summed E-state index contributed by atoms with van der Waals surface area (Å²) in [6.07, 6.45) is 0. The molecule has 1 rings (SSSR count). The van der Waals surface area contributed by atoms with Crippen LogP contribution < -0.4 is 5.32 Å². The van der Waals surface area contributed by atoms with Gasteiger partial charge < -0.3 is 5.32 Å². The first-order valence-corrected chi connectivity index (χ1v) is 6.51. The third kappa shape index (κ3) is 2.99. The second-order valence-corrected chi connectivity index (χ2v) is 5.27. The number of rotatable bonds is 5. The van der Waals surface area contributed by atoms with Crippen molar-refractivity contribution in [2.45, 2.75) is 11.8 Å². The largest absolute Gasteiger partial charge is 0.316 e. The first-order chi connectivity index (χ1) is 7.49. The fourth-order valence-electron chi connectivity index (χ4n) is 1.27. The molecule has 0 aromatic heterocycles. The molecule has 0 aliphatic rings. The third-order valence-corrected chi connectivity index (χ3v) is 3.78. The Bertz CT molecular complexity index is 440. The van der Waals surface area contributed by atoms with Crippen molar-refractivity contribution in [1.82, 2.24) is 5.32 Å². The lowest BCUT2D eigenvalue weighted by atomic mass is 10.3. The minimum Gasteiger partial charge on any atom is -0.316 e. The predicted octanol–water partition coefficient (Wildman–Crippen LogP) is 1.35. The zero-order valence-electron chi connectivity index (χ0n) is 8.83. The maximum atomic E-state index is 13.2. The van der Waals surface area contributed by atoms with Gasteiger partial charge in [-0.05, 0) is 18.7 Å². The summed E-state index contributed by atoms with van der Waals surface area (Å²) in [7, 11) is -3.91.